The lowest BCUT2D eigenvalue weighted by molar-refractivity contribution is 0.102. The number of rotatable bonds is 3. The minimum Gasteiger partial charge on any atom is -0.351 e. The molecule has 0 atom stereocenters. The van der Waals surface area contributed by atoms with Gasteiger partial charge in [-0.05, 0) is 54.7 Å². The first-order valence-electron chi connectivity index (χ1n) is 7.96. The number of benzene rings is 2. The highest BCUT2D eigenvalue weighted by molar-refractivity contribution is 6.06. The van der Waals surface area contributed by atoms with E-state index >= 15 is 0 Å². The molecule has 0 aliphatic carbocycles. The van der Waals surface area contributed by atoms with E-state index in [1.54, 1.807) is 0 Å². The summed E-state index contributed by atoms with van der Waals surface area (Å²) in [5, 5.41) is 4.08. The van der Waals surface area contributed by atoms with Crippen molar-refractivity contribution in [2.45, 2.75) is 33.6 Å². The van der Waals surface area contributed by atoms with Gasteiger partial charge in [0, 0.05) is 16.6 Å². The highest BCUT2D eigenvalue weighted by Crippen LogP contribution is 2.26. The fourth-order valence-electron chi connectivity index (χ4n) is 2.97. The van der Waals surface area contributed by atoms with Crippen molar-refractivity contribution in [1.82, 2.24) is 4.98 Å². The minimum atomic E-state index is -0.108. The lowest BCUT2D eigenvalue weighted by Gasteiger charge is -2.14. The van der Waals surface area contributed by atoms with Crippen molar-refractivity contribution < 1.29 is 4.79 Å². The van der Waals surface area contributed by atoms with Crippen LogP contribution in [-0.2, 0) is 0 Å². The third-order valence-corrected chi connectivity index (χ3v) is 4.27. The number of anilines is 1. The second kappa shape index (κ2) is 5.92. The molecule has 0 bridgehead atoms. The molecule has 1 heterocycles. The van der Waals surface area contributed by atoms with Crippen LogP contribution >= 0.6 is 0 Å². The lowest BCUT2D eigenvalue weighted by atomic mass is 9.97. The van der Waals surface area contributed by atoms with Crippen molar-refractivity contribution in [2.75, 3.05) is 5.32 Å². The van der Waals surface area contributed by atoms with E-state index in [9.17, 15) is 4.79 Å². The molecule has 3 heteroatoms. The van der Waals surface area contributed by atoms with E-state index in [4.69, 9.17) is 0 Å². The summed E-state index contributed by atoms with van der Waals surface area (Å²) in [6.07, 6.45) is 0. The van der Waals surface area contributed by atoms with Crippen LogP contribution in [0.3, 0.4) is 0 Å². The number of amides is 1. The Morgan fingerprint density at radius 3 is 2.61 bits per heavy atom. The van der Waals surface area contributed by atoms with Gasteiger partial charge in [-0.2, -0.15) is 0 Å². The van der Waals surface area contributed by atoms with Crippen LogP contribution in [0.4, 0.5) is 5.69 Å². The zero-order valence-corrected chi connectivity index (χ0v) is 14.0. The van der Waals surface area contributed by atoms with Crippen LogP contribution in [0.15, 0.2) is 42.5 Å². The first-order chi connectivity index (χ1) is 11.0. The number of aromatic nitrogens is 1. The Hall–Kier alpha value is -2.55. The SMILES string of the molecule is Cc1ccc2cc(C(=O)Nc3cccc(C(C)C)c3C)[nH]c2c1. The van der Waals surface area contributed by atoms with Gasteiger partial charge in [0.2, 0.25) is 0 Å². The number of hydrogen-bond acceptors (Lipinski definition) is 1. The molecule has 2 aromatic carbocycles. The van der Waals surface area contributed by atoms with E-state index in [-0.39, 0.29) is 5.91 Å². The fraction of sp³-hybridized carbons (Fsp3) is 0.250. The van der Waals surface area contributed by atoms with Gasteiger partial charge in [-0.25, -0.2) is 0 Å². The van der Waals surface area contributed by atoms with Crippen molar-refractivity contribution in [3.8, 4) is 0 Å². The van der Waals surface area contributed by atoms with Crippen molar-refractivity contribution in [3.05, 3.63) is 64.8 Å². The number of carbonyl (C=O) groups is 1. The van der Waals surface area contributed by atoms with Crippen molar-refractivity contribution in [2.24, 2.45) is 0 Å². The number of nitrogens with one attached hydrogen (secondary N) is 2. The van der Waals surface area contributed by atoms with Crippen molar-refractivity contribution in [3.63, 3.8) is 0 Å². The largest absolute Gasteiger partial charge is 0.351 e. The van der Waals surface area contributed by atoms with Crippen molar-refractivity contribution in [1.29, 1.82) is 0 Å². The molecule has 0 aliphatic heterocycles. The third-order valence-electron chi connectivity index (χ3n) is 4.27. The first-order valence-corrected chi connectivity index (χ1v) is 7.96. The average molecular weight is 306 g/mol. The monoisotopic (exact) mass is 306 g/mol. The smallest absolute Gasteiger partial charge is 0.272 e. The highest BCUT2D eigenvalue weighted by atomic mass is 16.1. The summed E-state index contributed by atoms with van der Waals surface area (Å²) in [4.78, 5) is 15.8. The summed E-state index contributed by atoms with van der Waals surface area (Å²) in [6.45, 7) is 8.42. The summed E-state index contributed by atoms with van der Waals surface area (Å²) >= 11 is 0. The predicted molar refractivity (Wildman–Crippen MR) is 96.3 cm³/mol. The first kappa shape index (κ1) is 15.3. The van der Waals surface area contributed by atoms with Gasteiger partial charge in [0.1, 0.15) is 5.69 Å². The van der Waals surface area contributed by atoms with E-state index in [0.717, 1.165) is 22.2 Å². The van der Waals surface area contributed by atoms with E-state index in [2.05, 4.69) is 43.2 Å². The molecule has 3 nitrogen and oxygen atoms in total. The van der Waals surface area contributed by atoms with E-state index in [1.165, 1.54) is 11.1 Å². The molecule has 118 valence electrons. The van der Waals surface area contributed by atoms with Gasteiger partial charge in [0.05, 0.1) is 0 Å². The quantitative estimate of drug-likeness (QED) is 0.689. The van der Waals surface area contributed by atoms with Crippen LogP contribution in [0, 0.1) is 13.8 Å². The predicted octanol–water partition coefficient (Wildman–Crippen LogP) is 5.16. The van der Waals surface area contributed by atoms with Gasteiger partial charge in [-0.1, -0.05) is 38.1 Å². The maximum atomic E-state index is 12.6. The molecular formula is C20H22N2O. The topological polar surface area (TPSA) is 44.9 Å². The van der Waals surface area contributed by atoms with Crippen LogP contribution < -0.4 is 5.32 Å². The molecule has 0 unspecified atom stereocenters. The second-order valence-corrected chi connectivity index (χ2v) is 6.40. The molecule has 0 spiro atoms. The second-order valence-electron chi connectivity index (χ2n) is 6.40. The number of fused-ring (bicyclic) bond motifs is 1. The molecule has 0 saturated heterocycles. The Kier molecular flexibility index (Phi) is 3.95. The van der Waals surface area contributed by atoms with Gasteiger partial charge in [-0.3, -0.25) is 4.79 Å². The van der Waals surface area contributed by atoms with Gasteiger partial charge in [0.25, 0.3) is 5.91 Å². The molecule has 0 radical (unpaired) electrons. The number of carbonyl (C=O) groups excluding carboxylic acids is 1. The molecule has 0 fully saturated rings. The zero-order valence-electron chi connectivity index (χ0n) is 14.0. The van der Waals surface area contributed by atoms with E-state index in [0.29, 0.717) is 11.6 Å². The summed E-state index contributed by atoms with van der Waals surface area (Å²) in [7, 11) is 0. The molecule has 3 rings (SSSR count). The molecule has 23 heavy (non-hydrogen) atoms. The molecule has 3 aromatic rings. The Morgan fingerprint density at radius 1 is 1.09 bits per heavy atom. The van der Waals surface area contributed by atoms with Crippen molar-refractivity contribution >= 4 is 22.5 Å². The Bertz CT molecular complexity index is 874. The normalized spacial score (nSPS) is 11.2. The maximum Gasteiger partial charge on any atom is 0.272 e. The summed E-state index contributed by atoms with van der Waals surface area (Å²) in [5.74, 6) is 0.325. The minimum absolute atomic E-state index is 0.108. The van der Waals surface area contributed by atoms with Gasteiger partial charge in [0.15, 0.2) is 0 Å². The van der Waals surface area contributed by atoms with Gasteiger partial charge < -0.3 is 10.3 Å². The maximum absolute atomic E-state index is 12.6. The number of hydrogen-bond donors (Lipinski definition) is 2. The Morgan fingerprint density at radius 2 is 1.87 bits per heavy atom. The standard InChI is InChI=1S/C20H22N2O/c1-12(2)16-6-5-7-17(14(16)4)22-20(23)19-11-15-9-8-13(3)10-18(15)21-19/h5-12,21H,1-4H3,(H,22,23). The highest BCUT2D eigenvalue weighted by Gasteiger charge is 2.13. The molecule has 1 aromatic heterocycles. The van der Waals surface area contributed by atoms with Crippen LogP contribution in [0.2, 0.25) is 0 Å². The fourth-order valence-corrected chi connectivity index (χ4v) is 2.97. The van der Waals surface area contributed by atoms with Gasteiger partial charge >= 0.3 is 0 Å². The summed E-state index contributed by atoms with van der Waals surface area (Å²) < 4.78 is 0. The molecular weight excluding hydrogens is 284 g/mol. The Balaban J connectivity index is 1.90. The molecule has 0 aliphatic rings. The van der Waals surface area contributed by atoms with Gasteiger partial charge in [-0.15, -0.1) is 0 Å². The van der Waals surface area contributed by atoms with Crippen LogP contribution in [0.5, 0.6) is 0 Å². The Labute approximate surface area is 136 Å². The zero-order chi connectivity index (χ0) is 16.6. The van der Waals surface area contributed by atoms with E-state index < -0.39 is 0 Å². The molecule has 0 saturated carbocycles. The third kappa shape index (κ3) is 3.00. The summed E-state index contributed by atoms with van der Waals surface area (Å²) in [6, 6.07) is 14.1. The van der Waals surface area contributed by atoms with Crippen LogP contribution in [-0.4, -0.2) is 10.9 Å². The van der Waals surface area contributed by atoms with Crippen LogP contribution in [0.1, 0.15) is 46.9 Å². The number of H-pyrrole nitrogens is 1. The lowest BCUT2D eigenvalue weighted by Crippen LogP contribution is -2.13. The molecule has 1 amide bonds. The number of aryl methyl sites for hydroxylation is 1. The van der Waals surface area contributed by atoms with E-state index in [1.807, 2.05) is 37.3 Å². The average Bonchev–Trinajstić information content (AvgIpc) is 2.92. The summed E-state index contributed by atoms with van der Waals surface area (Å²) in [5.41, 5.74) is 6.00. The van der Waals surface area contributed by atoms with Crippen LogP contribution in [0.25, 0.3) is 10.9 Å². The number of aromatic amines is 1. The molecule has 2 N–H and O–H groups in total.